The van der Waals surface area contributed by atoms with Gasteiger partial charge in [0, 0.05) is 16.6 Å². The number of thioether (sulfide) groups is 1. The molecule has 0 spiro atoms. The SMILES string of the molecule is Cc1cc(SC#N)c(N)cc1O. The van der Waals surface area contributed by atoms with Gasteiger partial charge in [0.25, 0.3) is 0 Å². The molecule has 0 aromatic heterocycles. The van der Waals surface area contributed by atoms with Crippen LogP contribution in [0.25, 0.3) is 0 Å². The normalized spacial score (nSPS) is 9.33. The van der Waals surface area contributed by atoms with Crippen LogP contribution in [0.15, 0.2) is 17.0 Å². The molecule has 0 saturated heterocycles. The zero-order valence-electron chi connectivity index (χ0n) is 6.53. The Morgan fingerprint density at radius 1 is 1.58 bits per heavy atom. The summed E-state index contributed by atoms with van der Waals surface area (Å²) in [5, 5.41) is 19.5. The van der Waals surface area contributed by atoms with Gasteiger partial charge in [0.1, 0.15) is 11.2 Å². The van der Waals surface area contributed by atoms with E-state index in [9.17, 15) is 5.11 Å². The predicted octanol–water partition coefficient (Wildman–Crippen LogP) is 1.86. The van der Waals surface area contributed by atoms with Crippen LogP contribution in [0.5, 0.6) is 5.75 Å². The van der Waals surface area contributed by atoms with E-state index < -0.39 is 0 Å². The van der Waals surface area contributed by atoms with Gasteiger partial charge in [0.05, 0.1) is 0 Å². The van der Waals surface area contributed by atoms with Crippen LogP contribution >= 0.6 is 11.8 Å². The summed E-state index contributed by atoms with van der Waals surface area (Å²) in [6.45, 7) is 1.76. The summed E-state index contributed by atoms with van der Waals surface area (Å²) in [7, 11) is 0. The summed E-state index contributed by atoms with van der Waals surface area (Å²) >= 11 is 0.994. The zero-order chi connectivity index (χ0) is 9.14. The quantitative estimate of drug-likeness (QED) is 0.393. The Morgan fingerprint density at radius 3 is 2.83 bits per heavy atom. The highest BCUT2D eigenvalue weighted by Gasteiger charge is 2.03. The Kier molecular flexibility index (Phi) is 2.46. The summed E-state index contributed by atoms with van der Waals surface area (Å²) < 4.78 is 0. The van der Waals surface area contributed by atoms with E-state index in [0.29, 0.717) is 10.6 Å². The van der Waals surface area contributed by atoms with Crippen LogP contribution in [-0.2, 0) is 0 Å². The number of anilines is 1. The number of thiocyanates is 1. The molecule has 0 aliphatic rings. The fourth-order valence-electron chi connectivity index (χ4n) is 0.824. The number of nitrogen functional groups attached to an aromatic ring is 1. The average Bonchev–Trinajstić information content (AvgIpc) is 2.01. The number of nitrogens with two attached hydrogens (primary N) is 1. The van der Waals surface area contributed by atoms with E-state index in [-0.39, 0.29) is 5.75 Å². The van der Waals surface area contributed by atoms with Crippen LogP contribution in [0.1, 0.15) is 5.56 Å². The van der Waals surface area contributed by atoms with Crippen molar-refractivity contribution in [3.8, 4) is 11.2 Å². The van der Waals surface area contributed by atoms with Crippen LogP contribution in [0.2, 0.25) is 0 Å². The minimum atomic E-state index is 0.162. The lowest BCUT2D eigenvalue weighted by atomic mass is 10.2. The molecule has 12 heavy (non-hydrogen) atoms. The monoisotopic (exact) mass is 180 g/mol. The summed E-state index contributed by atoms with van der Waals surface area (Å²) in [5.41, 5.74) is 6.70. The molecule has 0 amide bonds. The molecule has 3 nitrogen and oxygen atoms in total. The summed E-state index contributed by atoms with van der Waals surface area (Å²) in [4.78, 5) is 0.688. The molecule has 1 aromatic rings. The van der Waals surface area contributed by atoms with Gasteiger partial charge in [-0.2, -0.15) is 5.26 Å². The molecule has 0 saturated carbocycles. The molecule has 62 valence electrons. The van der Waals surface area contributed by atoms with Crippen molar-refractivity contribution in [3.63, 3.8) is 0 Å². The van der Waals surface area contributed by atoms with Crippen LogP contribution in [-0.4, -0.2) is 5.11 Å². The molecule has 1 rings (SSSR count). The lowest BCUT2D eigenvalue weighted by Crippen LogP contribution is -1.88. The van der Waals surface area contributed by atoms with Crippen LogP contribution in [0.3, 0.4) is 0 Å². The van der Waals surface area contributed by atoms with Crippen molar-refractivity contribution in [3.05, 3.63) is 17.7 Å². The number of nitriles is 1. The Balaban J connectivity index is 3.16. The summed E-state index contributed by atoms with van der Waals surface area (Å²) in [6, 6.07) is 3.15. The number of aryl methyl sites for hydroxylation is 1. The van der Waals surface area contributed by atoms with Crippen molar-refractivity contribution in [2.75, 3.05) is 5.73 Å². The van der Waals surface area contributed by atoms with Gasteiger partial charge in [-0.25, -0.2) is 0 Å². The number of benzene rings is 1. The maximum atomic E-state index is 9.22. The first-order valence-corrected chi connectivity index (χ1v) is 4.12. The van der Waals surface area contributed by atoms with Crippen LogP contribution in [0, 0.1) is 17.6 Å². The van der Waals surface area contributed by atoms with E-state index in [1.807, 2.05) is 5.40 Å². The molecule has 0 aliphatic carbocycles. The van der Waals surface area contributed by atoms with Gasteiger partial charge in [0.2, 0.25) is 0 Å². The molecule has 0 fully saturated rings. The minimum Gasteiger partial charge on any atom is -0.508 e. The molecule has 3 N–H and O–H groups in total. The van der Waals surface area contributed by atoms with Gasteiger partial charge in [-0.1, -0.05) is 0 Å². The number of phenolic OH excluding ortho intramolecular Hbond substituents is 1. The molecule has 1 aromatic carbocycles. The predicted molar refractivity (Wildman–Crippen MR) is 48.7 cm³/mol. The summed E-state index contributed by atoms with van der Waals surface area (Å²) in [5.74, 6) is 0.162. The van der Waals surface area contributed by atoms with E-state index in [1.54, 1.807) is 13.0 Å². The second-order valence-electron chi connectivity index (χ2n) is 2.37. The molecule has 0 unspecified atom stereocenters. The molecular weight excluding hydrogens is 172 g/mol. The number of hydrogen-bond donors (Lipinski definition) is 2. The summed E-state index contributed by atoms with van der Waals surface area (Å²) in [6.07, 6.45) is 0. The smallest absolute Gasteiger partial charge is 0.138 e. The van der Waals surface area contributed by atoms with Gasteiger partial charge in [0.15, 0.2) is 0 Å². The fraction of sp³-hybridized carbons (Fsp3) is 0.125. The first-order valence-electron chi connectivity index (χ1n) is 3.30. The maximum absolute atomic E-state index is 9.22. The van der Waals surface area contributed by atoms with Gasteiger partial charge in [-0.3, -0.25) is 0 Å². The lowest BCUT2D eigenvalue weighted by Gasteiger charge is -2.03. The van der Waals surface area contributed by atoms with E-state index in [4.69, 9.17) is 11.0 Å². The Hall–Kier alpha value is -1.34. The van der Waals surface area contributed by atoms with E-state index in [2.05, 4.69) is 0 Å². The second kappa shape index (κ2) is 3.37. The van der Waals surface area contributed by atoms with Gasteiger partial charge >= 0.3 is 0 Å². The van der Waals surface area contributed by atoms with E-state index in [0.717, 1.165) is 17.3 Å². The number of phenols is 1. The maximum Gasteiger partial charge on any atom is 0.138 e. The highest BCUT2D eigenvalue weighted by molar-refractivity contribution is 8.03. The zero-order valence-corrected chi connectivity index (χ0v) is 7.35. The van der Waals surface area contributed by atoms with Crippen molar-refractivity contribution in [2.45, 2.75) is 11.8 Å². The molecule has 0 radical (unpaired) electrons. The molecule has 0 heterocycles. The molecule has 4 heteroatoms. The first kappa shape index (κ1) is 8.75. The molecule has 0 aliphatic heterocycles. The van der Waals surface area contributed by atoms with Crippen molar-refractivity contribution < 1.29 is 5.11 Å². The van der Waals surface area contributed by atoms with Gasteiger partial charge in [-0.05, 0) is 30.3 Å². The second-order valence-corrected chi connectivity index (χ2v) is 3.20. The molecule has 0 bridgehead atoms. The average molecular weight is 180 g/mol. The third kappa shape index (κ3) is 1.63. The lowest BCUT2D eigenvalue weighted by molar-refractivity contribution is 0.471. The highest BCUT2D eigenvalue weighted by Crippen LogP contribution is 2.30. The number of nitrogens with zero attached hydrogens (tertiary/aromatic N) is 1. The molecule has 0 atom stereocenters. The Morgan fingerprint density at radius 2 is 2.25 bits per heavy atom. The van der Waals surface area contributed by atoms with Crippen molar-refractivity contribution in [1.29, 1.82) is 5.26 Å². The highest BCUT2D eigenvalue weighted by atomic mass is 32.2. The van der Waals surface area contributed by atoms with Crippen molar-refractivity contribution >= 4 is 17.4 Å². The van der Waals surface area contributed by atoms with Crippen molar-refractivity contribution in [1.82, 2.24) is 0 Å². The Labute approximate surface area is 74.8 Å². The first-order chi connectivity index (χ1) is 5.65. The van der Waals surface area contributed by atoms with Crippen LogP contribution in [0.4, 0.5) is 5.69 Å². The number of hydrogen-bond acceptors (Lipinski definition) is 4. The topological polar surface area (TPSA) is 70.0 Å². The number of aromatic hydroxyl groups is 1. The standard InChI is InChI=1S/C8H8N2OS/c1-5-2-8(12-4-9)6(10)3-7(5)11/h2-3,11H,10H2,1H3. The third-order valence-corrected chi connectivity index (χ3v) is 2.15. The van der Waals surface area contributed by atoms with Crippen molar-refractivity contribution in [2.24, 2.45) is 0 Å². The van der Waals surface area contributed by atoms with Gasteiger partial charge in [-0.15, -0.1) is 0 Å². The largest absolute Gasteiger partial charge is 0.508 e. The number of rotatable bonds is 1. The third-order valence-electron chi connectivity index (χ3n) is 1.48. The molecular formula is C8H8N2OS. The minimum absolute atomic E-state index is 0.162. The van der Waals surface area contributed by atoms with E-state index >= 15 is 0 Å². The van der Waals surface area contributed by atoms with E-state index in [1.165, 1.54) is 6.07 Å². The Bertz CT molecular complexity index is 344. The fourth-order valence-corrected chi connectivity index (χ4v) is 1.33. The van der Waals surface area contributed by atoms with Gasteiger partial charge < -0.3 is 10.8 Å². The van der Waals surface area contributed by atoms with Crippen LogP contribution < -0.4 is 5.73 Å².